The molecule has 0 heterocycles. The first kappa shape index (κ1) is 39.3. The second kappa shape index (κ2) is 17.7. The van der Waals surface area contributed by atoms with Gasteiger partial charge in [0.2, 0.25) is 0 Å². The number of benzene rings is 11. The molecule has 0 bridgehead atoms. The summed E-state index contributed by atoms with van der Waals surface area (Å²) in [6.07, 6.45) is 0. The normalized spacial score (nSPS) is 11.1. The van der Waals surface area contributed by atoms with E-state index in [1.54, 1.807) is 0 Å². The third-order valence-corrected chi connectivity index (χ3v) is 12.5. The van der Waals surface area contributed by atoms with Gasteiger partial charge < -0.3 is 4.90 Å². The van der Waals surface area contributed by atoms with Gasteiger partial charge in [-0.1, -0.05) is 212 Å². The lowest BCUT2D eigenvalue weighted by molar-refractivity contribution is 1.28. The zero-order valence-electron chi connectivity index (χ0n) is 35.9. The molecule has 0 aromatic heterocycles. The van der Waals surface area contributed by atoms with Crippen molar-refractivity contribution < 1.29 is 0 Å². The molecule has 306 valence electrons. The molecule has 11 rings (SSSR count). The predicted octanol–water partition coefficient (Wildman–Crippen LogP) is 18.0. The van der Waals surface area contributed by atoms with Crippen LogP contribution >= 0.6 is 0 Å². The number of hydrogen-bond acceptors (Lipinski definition) is 1. The van der Waals surface area contributed by atoms with Crippen molar-refractivity contribution in [3.63, 3.8) is 0 Å². The second-order valence-electron chi connectivity index (χ2n) is 16.6. The van der Waals surface area contributed by atoms with Gasteiger partial charge in [-0.2, -0.15) is 0 Å². The molecule has 65 heavy (non-hydrogen) atoms. The molecule has 0 amide bonds. The van der Waals surface area contributed by atoms with Gasteiger partial charge >= 0.3 is 0 Å². The fourth-order valence-electron chi connectivity index (χ4n) is 9.07. The van der Waals surface area contributed by atoms with E-state index in [9.17, 15) is 0 Å². The number of nitrogens with zero attached hydrogens (tertiary/aromatic N) is 1. The van der Waals surface area contributed by atoms with Crippen LogP contribution in [0, 0.1) is 0 Å². The van der Waals surface area contributed by atoms with E-state index >= 15 is 0 Å². The average molecular weight is 828 g/mol. The van der Waals surface area contributed by atoms with Crippen LogP contribution < -0.4 is 4.90 Å². The van der Waals surface area contributed by atoms with E-state index in [2.05, 4.69) is 278 Å². The Morgan fingerprint density at radius 3 is 0.954 bits per heavy atom. The third kappa shape index (κ3) is 8.27. The third-order valence-electron chi connectivity index (χ3n) is 12.5. The number of hydrogen-bond donors (Lipinski definition) is 0. The Balaban J connectivity index is 0.952. The first-order chi connectivity index (χ1) is 32.2. The largest absolute Gasteiger partial charge is 0.311 e. The molecule has 0 N–H and O–H groups in total. The highest BCUT2D eigenvalue weighted by molar-refractivity contribution is 5.97. The summed E-state index contributed by atoms with van der Waals surface area (Å²) in [6, 6.07) is 98.8. The molecule has 0 aliphatic carbocycles. The molecule has 0 atom stereocenters. The average Bonchev–Trinajstić information content (AvgIpc) is 3.40. The van der Waals surface area contributed by atoms with E-state index in [1.165, 1.54) is 88.7 Å². The maximum atomic E-state index is 2.36. The highest BCUT2D eigenvalue weighted by atomic mass is 15.1. The van der Waals surface area contributed by atoms with Crippen LogP contribution in [0.4, 0.5) is 17.1 Å². The summed E-state index contributed by atoms with van der Waals surface area (Å²) in [5, 5.41) is 2.51. The van der Waals surface area contributed by atoms with Gasteiger partial charge in [-0.15, -0.1) is 0 Å². The van der Waals surface area contributed by atoms with Crippen molar-refractivity contribution in [1.29, 1.82) is 0 Å². The summed E-state index contributed by atoms with van der Waals surface area (Å²) in [5.74, 6) is 0. The zero-order valence-corrected chi connectivity index (χ0v) is 35.9. The van der Waals surface area contributed by atoms with Gasteiger partial charge in [-0.25, -0.2) is 0 Å². The fourth-order valence-corrected chi connectivity index (χ4v) is 9.07. The Labute approximate surface area is 381 Å². The van der Waals surface area contributed by atoms with Gasteiger partial charge in [0.15, 0.2) is 0 Å². The van der Waals surface area contributed by atoms with Crippen LogP contribution in [0.5, 0.6) is 0 Å². The molecule has 11 aromatic carbocycles. The van der Waals surface area contributed by atoms with Crippen molar-refractivity contribution in [2.45, 2.75) is 0 Å². The predicted molar refractivity (Wildman–Crippen MR) is 277 cm³/mol. The van der Waals surface area contributed by atoms with Crippen molar-refractivity contribution in [3.05, 3.63) is 273 Å². The van der Waals surface area contributed by atoms with Crippen molar-refractivity contribution in [2.75, 3.05) is 4.90 Å². The smallest absolute Gasteiger partial charge is 0.0462 e. The summed E-state index contributed by atoms with van der Waals surface area (Å²) in [5.41, 5.74) is 20.0. The Morgan fingerprint density at radius 2 is 0.477 bits per heavy atom. The minimum atomic E-state index is 1.09. The van der Waals surface area contributed by atoms with Crippen LogP contribution in [0.3, 0.4) is 0 Å². The van der Waals surface area contributed by atoms with E-state index in [0.29, 0.717) is 0 Å². The van der Waals surface area contributed by atoms with Crippen molar-refractivity contribution in [2.24, 2.45) is 0 Å². The lowest BCUT2D eigenvalue weighted by atomic mass is 9.93. The maximum Gasteiger partial charge on any atom is 0.0462 e. The van der Waals surface area contributed by atoms with Crippen LogP contribution in [-0.4, -0.2) is 0 Å². The zero-order chi connectivity index (χ0) is 43.4. The van der Waals surface area contributed by atoms with Crippen LogP contribution in [0.2, 0.25) is 0 Å². The number of fused-ring (bicyclic) bond motifs is 1. The van der Waals surface area contributed by atoms with Crippen molar-refractivity contribution >= 4 is 27.8 Å². The molecular weight excluding hydrogens is 783 g/mol. The molecule has 0 fully saturated rings. The molecule has 1 nitrogen and oxygen atoms in total. The molecule has 1 heteroatoms. The molecule has 0 aliphatic heterocycles. The quantitative estimate of drug-likeness (QED) is 0.133. The number of rotatable bonds is 10. The highest BCUT2D eigenvalue weighted by Crippen LogP contribution is 2.40. The lowest BCUT2D eigenvalue weighted by Gasteiger charge is -2.26. The molecule has 11 aromatic rings. The van der Waals surface area contributed by atoms with Crippen LogP contribution in [-0.2, 0) is 0 Å². The van der Waals surface area contributed by atoms with Gasteiger partial charge in [0.25, 0.3) is 0 Å². The monoisotopic (exact) mass is 827 g/mol. The lowest BCUT2D eigenvalue weighted by Crippen LogP contribution is -2.09. The first-order valence-electron chi connectivity index (χ1n) is 22.3. The van der Waals surface area contributed by atoms with E-state index in [-0.39, 0.29) is 0 Å². The van der Waals surface area contributed by atoms with Crippen LogP contribution in [0.25, 0.3) is 88.7 Å². The van der Waals surface area contributed by atoms with E-state index in [4.69, 9.17) is 0 Å². The maximum absolute atomic E-state index is 2.36. The highest BCUT2D eigenvalue weighted by Gasteiger charge is 2.15. The van der Waals surface area contributed by atoms with Gasteiger partial charge in [-0.05, 0) is 149 Å². The van der Waals surface area contributed by atoms with E-state index < -0.39 is 0 Å². The minimum Gasteiger partial charge on any atom is -0.311 e. The summed E-state index contributed by atoms with van der Waals surface area (Å²) in [4.78, 5) is 2.36. The van der Waals surface area contributed by atoms with Crippen LogP contribution in [0.15, 0.2) is 273 Å². The summed E-state index contributed by atoms with van der Waals surface area (Å²) in [7, 11) is 0. The number of anilines is 3. The molecule has 0 unspecified atom stereocenters. The standard InChI is InChI=1S/C64H45N/c1-4-14-46(15-5-1)49-26-28-50(29-27-49)51-30-36-60(37-31-51)65(61-38-32-52(33-39-61)55-22-12-23-56(42-55)64-25-13-21-54-20-10-11-24-63(54)64)62-40-34-53(35-41-62)59-44-57(47-16-6-2-7-17-47)43-58(45-59)48-18-8-3-9-19-48/h1-45H. The Bertz CT molecular complexity index is 3290. The van der Waals surface area contributed by atoms with Crippen LogP contribution in [0.1, 0.15) is 0 Å². The van der Waals surface area contributed by atoms with Gasteiger partial charge in [0.1, 0.15) is 0 Å². The Kier molecular flexibility index (Phi) is 10.7. The summed E-state index contributed by atoms with van der Waals surface area (Å²) < 4.78 is 0. The molecule has 0 saturated carbocycles. The van der Waals surface area contributed by atoms with E-state index in [1.807, 2.05) is 0 Å². The SMILES string of the molecule is c1ccc(-c2ccc(-c3ccc(N(c4ccc(-c5cc(-c6ccccc6)cc(-c6ccccc6)c5)cc4)c4ccc(-c5cccc(-c6cccc7ccccc67)c5)cc4)cc3)cc2)cc1. The molecule has 0 aliphatic rings. The molecule has 0 saturated heterocycles. The van der Waals surface area contributed by atoms with E-state index in [0.717, 1.165) is 17.1 Å². The first-order valence-corrected chi connectivity index (χ1v) is 22.3. The Morgan fingerprint density at radius 1 is 0.185 bits per heavy atom. The molecular formula is C64H45N. The van der Waals surface area contributed by atoms with Gasteiger partial charge in [0.05, 0.1) is 0 Å². The molecule has 0 radical (unpaired) electrons. The van der Waals surface area contributed by atoms with Gasteiger partial charge in [0, 0.05) is 17.1 Å². The molecule has 0 spiro atoms. The van der Waals surface area contributed by atoms with Crippen molar-refractivity contribution in [3.8, 4) is 77.9 Å². The topological polar surface area (TPSA) is 3.24 Å². The Hall–Kier alpha value is -8.52. The van der Waals surface area contributed by atoms with Crippen molar-refractivity contribution in [1.82, 2.24) is 0 Å². The summed E-state index contributed by atoms with van der Waals surface area (Å²) >= 11 is 0. The second-order valence-corrected chi connectivity index (χ2v) is 16.6. The minimum absolute atomic E-state index is 1.09. The van der Waals surface area contributed by atoms with Gasteiger partial charge in [-0.3, -0.25) is 0 Å². The summed E-state index contributed by atoms with van der Waals surface area (Å²) in [6.45, 7) is 0. The fraction of sp³-hybridized carbons (Fsp3) is 0.